The molecule has 1 saturated carbocycles. The molecule has 2 fully saturated rings. The minimum Gasteiger partial charge on any atom is -0.396 e. The van der Waals surface area contributed by atoms with E-state index in [2.05, 4.69) is 10.3 Å². The van der Waals surface area contributed by atoms with E-state index in [1.165, 1.54) is 0 Å². The number of hydrogen-bond donors (Lipinski definition) is 2. The van der Waals surface area contributed by atoms with Gasteiger partial charge in [-0.3, -0.25) is 4.79 Å². The van der Waals surface area contributed by atoms with Gasteiger partial charge in [0.05, 0.1) is 12.1 Å². The van der Waals surface area contributed by atoms with Crippen LogP contribution >= 0.6 is 0 Å². The Bertz CT molecular complexity index is 745. The Morgan fingerprint density at radius 3 is 3.04 bits per heavy atom. The van der Waals surface area contributed by atoms with Gasteiger partial charge in [0.1, 0.15) is 5.82 Å². The first-order valence-electron chi connectivity index (χ1n) is 8.66. The summed E-state index contributed by atoms with van der Waals surface area (Å²) in [6.07, 6.45) is 5.78. The number of nitrogens with one attached hydrogen (secondary N) is 1. The van der Waals surface area contributed by atoms with Crippen molar-refractivity contribution in [3.63, 3.8) is 0 Å². The zero-order valence-corrected chi connectivity index (χ0v) is 13.7. The van der Waals surface area contributed by atoms with E-state index in [-0.39, 0.29) is 17.9 Å². The predicted molar refractivity (Wildman–Crippen MR) is 89.1 cm³/mol. The van der Waals surface area contributed by atoms with E-state index in [1.54, 1.807) is 0 Å². The molecule has 6 heteroatoms. The van der Waals surface area contributed by atoms with E-state index in [1.807, 2.05) is 28.8 Å². The van der Waals surface area contributed by atoms with Crippen LogP contribution in [0.2, 0.25) is 0 Å². The molecule has 2 aromatic heterocycles. The van der Waals surface area contributed by atoms with Crippen molar-refractivity contribution in [2.45, 2.75) is 31.6 Å². The number of imidazole rings is 1. The highest BCUT2D eigenvalue weighted by Gasteiger charge is 2.35. The molecule has 24 heavy (non-hydrogen) atoms. The van der Waals surface area contributed by atoms with Gasteiger partial charge < -0.3 is 19.6 Å². The summed E-state index contributed by atoms with van der Waals surface area (Å²) in [5.74, 6) is 1.32. The van der Waals surface area contributed by atoms with Gasteiger partial charge in [0, 0.05) is 37.3 Å². The summed E-state index contributed by atoms with van der Waals surface area (Å²) in [6.45, 7) is 1.90. The van der Waals surface area contributed by atoms with Crippen molar-refractivity contribution < 1.29 is 14.6 Å². The number of rotatable bonds is 6. The lowest BCUT2D eigenvalue weighted by molar-refractivity contribution is 0.0887. The van der Waals surface area contributed by atoms with Gasteiger partial charge in [-0.05, 0) is 37.8 Å². The number of fused-ring (bicyclic) bond motifs is 1. The van der Waals surface area contributed by atoms with Crippen molar-refractivity contribution in [2.75, 3.05) is 26.4 Å². The SMILES string of the molecule is O=C(NCC1(CCO)CCOC1)c1nc(C2CC2)n2ccccc12. The number of aromatic nitrogens is 2. The molecular weight excluding hydrogens is 306 g/mol. The third kappa shape index (κ3) is 2.80. The second-order valence-electron chi connectivity index (χ2n) is 7.01. The van der Waals surface area contributed by atoms with E-state index >= 15 is 0 Å². The predicted octanol–water partition coefficient (Wildman–Crippen LogP) is 1.73. The van der Waals surface area contributed by atoms with Crippen LogP contribution in [0.15, 0.2) is 24.4 Å². The van der Waals surface area contributed by atoms with Gasteiger partial charge in [0.25, 0.3) is 5.91 Å². The van der Waals surface area contributed by atoms with Crippen LogP contribution in [0.1, 0.15) is 47.9 Å². The third-order valence-electron chi connectivity index (χ3n) is 5.18. The van der Waals surface area contributed by atoms with Gasteiger partial charge in [0.15, 0.2) is 5.69 Å². The Hall–Kier alpha value is -1.92. The average molecular weight is 329 g/mol. The van der Waals surface area contributed by atoms with Gasteiger partial charge in [-0.2, -0.15) is 0 Å². The topological polar surface area (TPSA) is 75.9 Å². The summed E-state index contributed by atoms with van der Waals surface area (Å²) in [6, 6.07) is 5.84. The number of aliphatic hydroxyl groups is 1. The number of carbonyl (C=O) groups is 1. The fourth-order valence-electron chi connectivity index (χ4n) is 3.52. The van der Waals surface area contributed by atoms with Crippen LogP contribution < -0.4 is 5.32 Å². The molecule has 0 aromatic carbocycles. The maximum absolute atomic E-state index is 12.7. The third-order valence-corrected chi connectivity index (χ3v) is 5.18. The Morgan fingerprint density at radius 2 is 2.33 bits per heavy atom. The maximum atomic E-state index is 12.7. The molecule has 0 bridgehead atoms. The molecule has 1 atom stereocenters. The zero-order chi connectivity index (χ0) is 16.6. The smallest absolute Gasteiger partial charge is 0.272 e. The number of nitrogens with zero attached hydrogens (tertiary/aromatic N) is 2. The highest BCUT2D eigenvalue weighted by atomic mass is 16.5. The number of hydrogen-bond acceptors (Lipinski definition) is 4. The first kappa shape index (κ1) is 15.6. The van der Waals surface area contributed by atoms with Crippen LogP contribution in [0.3, 0.4) is 0 Å². The van der Waals surface area contributed by atoms with Crippen LogP contribution in [0, 0.1) is 5.41 Å². The average Bonchev–Trinajstić information content (AvgIpc) is 3.21. The fourth-order valence-corrected chi connectivity index (χ4v) is 3.52. The molecule has 2 aromatic rings. The van der Waals surface area contributed by atoms with Crippen molar-refractivity contribution in [3.8, 4) is 0 Å². The molecule has 6 nitrogen and oxygen atoms in total. The van der Waals surface area contributed by atoms with Gasteiger partial charge in [-0.15, -0.1) is 0 Å². The summed E-state index contributed by atoms with van der Waals surface area (Å²) >= 11 is 0. The van der Waals surface area contributed by atoms with Crippen LogP contribution in [-0.4, -0.2) is 46.8 Å². The van der Waals surface area contributed by atoms with Crippen molar-refractivity contribution in [3.05, 3.63) is 35.9 Å². The van der Waals surface area contributed by atoms with E-state index in [0.29, 0.717) is 37.8 Å². The normalized spacial score (nSPS) is 23.7. The number of amides is 1. The Labute approximate surface area is 140 Å². The van der Waals surface area contributed by atoms with Gasteiger partial charge in [-0.1, -0.05) is 6.07 Å². The summed E-state index contributed by atoms with van der Waals surface area (Å²) in [7, 11) is 0. The molecule has 1 aliphatic carbocycles. The van der Waals surface area contributed by atoms with E-state index in [9.17, 15) is 9.90 Å². The first-order valence-corrected chi connectivity index (χ1v) is 8.66. The number of pyridine rings is 1. The molecular formula is C18H23N3O3. The van der Waals surface area contributed by atoms with Crippen LogP contribution in [0.5, 0.6) is 0 Å². The summed E-state index contributed by atoms with van der Waals surface area (Å²) in [5.41, 5.74) is 1.20. The monoisotopic (exact) mass is 329 g/mol. The second-order valence-corrected chi connectivity index (χ2v) is 7.01. The molecule has 1 aliphatic heterocycles. The molecule has 0 spiro atoms. The van der Waals surface area contributed by atoms with Crippen molar-refractivity contribution >= 4 is 11.4 Å². The summed E-state index contributed by atoms with van der Waals surface area (Å²) < 4.78 is 7.52. The molecule has 2 aliphatic rings. The number of ether oxygens (including phenoxy) is 1. The fraction of sp³-hybridized carbons (Fsp3) is 0.556. The standard InChI is InChI=1S/C18H23N3O3/c22-9-6-18(7-10-24-12-18)11-19-17(23)15-14-3-1-2-8-21(14)16(20-15)13-4-5-13/h1-3,8,13,22H,4-7,9-12H2,(H,19,23). The van der Waals surface area contributed by atoms with Crippen molar-refractivity contribution in [2.24, 2.45) is 5.41 Å². The van der Waals surface area contributed by atoms with Crippen LogP contribution in [0.25, 0.3) is 5.52 Å². The largest absolute Gasteiger partial charge is 0.396 e. The number of carbonyl (C=O) groups excluding carboxylic acids is 1. The molecule has 128 valence electrons. The van der Waals surface area contributed by atoms with Gasteiger partial charge >= 0.3 is 0 Å². The molecule has 1 unspecified atom stereocenters. The molecule has 1 amide bonds. The van der Waals surface area contributed by atoms with Crippen molar-refractivity contribution in [1.82, 2.24) is 14.7 Å². The molecule has 2 N–H and O–H groups in total. The zero-order valence-electron chi connectivity index (χ0n) is 13.7. The number of aliphatic hydroxyl groups excluding tert-OH is 1. The van der Waals surface area contributed by atoms with Gasteiger partial charge in [-0.25, -0.2) is 4.98 Å². The Morgan fingerprint density at radius 1 is 1.46 bits per heavy atom. The van der Waals surface area contributed by atoms with Crippen LogP contribution in [-0.2, 0) is 4.74 Å². The highest BCUT2D eigenvalue weighted by molar-refractivity contribution is 5.99. The van der Waals surface area contributed by atoms with Gasteiger partial charge in [0.2, 0.25) is 0 Å². The minimum atomic E-state index is -0.154. The molecule has 3 heterocycles. The van der Waals surface area contributed by atoms with E-state index in [0.717, 1.165) is 30.6 Å². The quantitative estimate of drug-likeness (QED) is 0.846. The Balaban J connectivity index is 1.55. The minimum absolute atomic E-state index is 0.110. The van der Waals surface area contributed by atoms with Crippen LogP contribution in [0.4, 0.5) is 0 Å². The van der Waals surface area contributed by atoms with E-state index < -0.39 is 0 Å². The lowest BCUT2D eigenvalue weighted by Crippen LogP contribution is -2.39. The maximum Gasteiger partial charge on any atom is 0.272 e. The van der Waals surface area contributed by atoms with Crippen molar-refractivity contribution in [1.29, 1.82) is 0 Å². The van der Waals surface area contributed by atoms with E-state index in [4.69, 9.17) is 4.74 Å². The Kier molecular flexibility index (Phi) is 4.02. The highest BCUT2D eigenvalue weighted by Crippen LogP contribution is 2.40. The lowest BCUT2D eigenvalue weighted by atomic mass is 9.84. The molecule has 1 saturated heterocycles. The first-order chi connectivity index (χ1) is 11.7. The molecule has 0 radical (unpaired) electrons. The second kappa shape index (κ2) is 6.18. The summed E-state index contributed by atoms with van der Waals surface area (Å²) in [4.78, 5) is 17.4. The lowest BCUT2D eigenvalue weighted by Gasteiger charge is -2.26. The molecule has 4 rings (SSSR count). The summed E-state index contributed by atoms with van der Waals surface area (Å²) in [5, 5.41) is 12.3.